The minimum atomic E-state index is -0.661. The molecule has 8 nitrogen and oxygen atoms in total. The number of halogens is 1. The summed E-state index contributed by atoms with van der Waals surface area (Å²) >= 11 is 5.76. The quantitative estimate of drug-likeness (QED) is 0.479. The Morgan fingerprint density at radius 2 is 2.29 bits per heavy atom. The molecule has 0 aliphatic carbocycles. The van der Waals surface area contributed by atoms with Gasteiger partial charge in [0.05, 0.1) is 4.92 Å². The second kappa shape index (κ2) is 6.80. The lowest BCUT2D eigenvalue weighted by Crippen LogP contribution is -2.25. The maximum Gasteiger partial charge on any atom is 0.300 e. The zero-order valence-electron chi connectivity index (χ0n) is 10.9. The van der Waals surface area contributed by atoms with Gasteiger partial charge in [-0.2, -0.15) is 5.10 Å². The monoisotopic (exact) mass is 309 g/mol. The molecule has 0 saturated carbocycles. The van der Waals surface area contributed by atoms with Gasteiger partial charge >= 0.3 is 5.69 Å². The van der Waals surface area contributed by atoms with Crippen LogP contribution in [0.1, 0.15) is 22.6 Å². The maximum atomic E-state index is 12.0. The molecule has 0 saturated heterocycles. The van der Waals surface area contributed by atoms with Crippen LogP contribution in [0, 0.1) is 10.1 Å². The number of nitrogens with one attached hydrogen (secondary N) is 2. The number of benzene rings is 1. The molecule has 0 aliphatic heterocycles. The van der Waals surface area contributed by atoms with Crippen molar-refractivity contribution in [3.63, 3.8) is 0 Å². The standard InChI is InChI=1S/C12H12ClN5O3/c13-9-4-1-3-8(11(9)18(20)21)12(19)14-6-2-5-10-15-7-16-17-10/h1,3-4,7H,2,5-6H2,(H,14,19)(H,15,16,17). The molecule has 1 aromatic heterocycles. The first-order chi connectivity index (χ1) is 10.1. The first-order valence-corrected chi connectivity index (χ1v) is 6.52. The lowest BCUT2D eigenvalue weighted by Gasteiger charge is -2.06. The van der Waals surface area contributed by atoms with Crippen LogP contribution in [0.4, 0.5) is 5.69 Å². The van der Waals surface area contributed by atoms with Crippen LogP contribution < -0.4 is 5.32 Å². The molecule has 9 heteroatoms. The third-order valence-corrected chi connectivity index (χ3v) is 3.06. The molecule has 0 spiro atoms. The fourth-order valence-electron chi connectivity index (χ4n) is 1.79. The summed E-state index contributed by atoms with van der Waals surface area (Å²) in [6.45, 7) is 0.364. The molecule has 2 rings (SSSR count). The van der Waals surface area contributed by atoms with Crippen LogP contribution >= 0.6 is 11.6 Å². The summed E-state index contributed by atoms with van der Waals surface area (Å²) in [6.07, 6.45) is 2.66. The Balaban J connectivity index is 1.94. The minimum absolute atomic E-state index is 0.0489. The van der Waals surface area contributed by atoms with E-state index in [9.17, 15) is 14.9 Å². The van der Waals surface area contributed by atoms with Crippen LogP contribution in [0.15, 0.2) is 24.5 Å². The number of hydrogen-bond acceptors (Lipinski definition) is 5. The van der Waals surface area contributed by atoms with E-state index in [2.05, 4.69) is 20.5 Å². The van der Waals surface area contributed by atoms with E-state index in [1.54, 1.807) is 0 Å². The minimum Gasteiger partial charge on any atom is -0.352 e. The number of aryl methyl sites for hydroxylation is 1. The maximum absolute atomic E-state index is 12.0. The van der Waals surface area contributed by atoms with Crippen LogP contribution in [0.25, 0.3) is 0 Å². The molecular weight excluding hydrogens is 298 g/mol. The molecule has 1 amide bonds. The number of nitro benzene ring substituents is 1. The molecule has 1 heterocycles. The molecular formula is C12H12ClN5O3. The largest absolute Gasteiger partial charge is 0.352 e. The highest BCUT2D eigenvalue weighted by molar-refractivity contribution is 6.33. The topological polar surface area (TPSA) is 114 Å². The number of aromatic nitrogens is 3. The van der Waals surface area contributed by atoms with E-state index in [4.69, 9.17) is 11.6 Å². The summed E-state index contributed by atoms with van der Waals surface area (Å²) in [5.41, 5.74) is -0.431. The summed E-state index contributed by atoms with van der Waals surface area (Å²) in [5, 5.41) is 19.9. The number of rotatable bonds is 6. The Bertz CT molecular complexity index is 644. The molecule has 1 aromatic carbocycles. The van der Waals surface area contributed by atoms with Gasteiger partial charge in [-0.05, 0) is 18.6 Å². The van der Waals surface area contributed by atoms with Gasteiger partial charge in [0.25, 0.3) is 5.91 Å². The zero-order chi connectivity index (χ0) is 15.2. The molecule has 2 N–H and O–H groups in total. The van der Waals surface area contributed by atoms with E-state index in [-0.39, 0.29) is 16.3 Å². The first kappa shape index (κ1) is 14.9. The first-order valence-electron chi connectivity index (χ1n) is 6.15. The number of nitro groups is 1. The number of carbonyl (C=O) groups excluding carboxylic acids is 1. The van der Waals surface area contributed by atoms with Crippen LogP contribution in [-0.4, -0.2) is 32.6 Å². The molecule has 21 heavy (non-hydrogen) atoms. The lowest BCUT2D eigenvalue weighted by atomic mass is 10.1. The average Bonchev–Trinajstić information content (AvgIpc) is 2.95. The highest BCUT2D eigenvalue weighted by Gasteiger charge is 2.23. The van der Waals surface area contributed by atoms with Gasteiger partial charge in [-0.3, -0.25) is 20.0 Å². The Kier molecular flexibility index (Phi) is 4.83. The fourth-order valence-corrected chi connectivity index (χ4v) is 2.03. The van der Waals surface area contributed by atoms with Gasteiger partial charge in [-0.15, -0.1) is 0 Å². The van der Waals surface area contributed by atoms with Gasteiger partial charge in [-0.25, -0.2) is 4.98 Å². The van der Waals surface area contributed by atoms with Crippen LogP contribution in [0.2, 0.25) is 5.02 Å². The van der Waals surface area contributed by atoms with Gasteiger partial charge in [0.2, 0.25) is 0 Å². The summed E-state index contributed by atoms with van der Waals surface area (Å²) in [7, 11) is 0. The summed E-state index contributed by atoms with van der Waals surface area (Å²) in [4.78, 5) is 26.2. The van der Waals surface area contributed by atoms with Crippen LogP contribution in [0.3, 0.4) is 0 Å². The van der Waals surface area contributed by atoms with Gasteiger partial charge < -0.3 is 5.32 Å². The second-order valence-corrected chi connectivity index (χ2v) is 4.59. The highest BCUT2D eigenvalue weighted by Crippen LogP contribution is 2.27. The number of aromatic amines is 1. The van der Waals surface area contributed by atoms with Crippen molar-refractivity contribution in [1.82, 2.24) is 20.5 Å². The van der Waals surface area contributed by atoms with E-state index in [1.165, 1.54) is 24.5 Å². The predicted molar refractivity (Wildman–Crippen MR) is 75.1 cm³/mol. The number of nitrogens with zero attached hydrogens (tertiary/aromatic N) is 3. The summed E-state index contributed by atoms with van der Waals surface area (Å²) in [6, 6.07) is 4.24. The molecule has 0 bridgehead atoms. The highest BCUT2D eigenvalue weighted by atomic mass is 35.5. The van der Waals surface area contributed by atoms with Gasteiger partial charge in [0, 0.05) is 13.0 Å². The van der Waals surface area contributed by atoms with Gasteiger partial charge in [0.1, 0.15) is 22.7 Å². The molecule has 0 atom stereocenters. The molecule has 0 aliphatic rings. The molecule has 0 unspecified atom stereocenters. The van der Waals surface area contributed by atoms with Gasteiger partial charge in [0.15, 0.2) is 0 Å². The van der Waals surface area contributed by atoms with Crippen LogP contribution in [-0.2, 0) is 6.42 Å². The zero-order valence-corrected chi connectivity index (χ0v) is 11.6. The Hall–Kier alpha value is -2.48. The van der Waals surface area contributed by atoms with Gasteiger partial charge in [-0.1, -0.05) is 17.7 Å². The van der Waals surface area contributed by atoms with E-state index in [1.807, 2.05) is 0 Å². The van der Waals surface area contributed by atoms with Crippen molar-refractivity contribution in [1.29, 1.82) is 0 Å². The van der Waals surface area contributed by atoms with Crippen molar-refractivity contribution in [3.8, 4) is 0 Å². The number of H-pyrrole nitrogens is 1. The van der Waals surface area contributed by atoms with E-state index < -0.39 is 10.8 Å². The normalized spacial score (nSPS) is 10.3. The van der Waals surface area contributed by atoms with E-state index in [0.717, 1.165) is 5.82 Å². The smallest absolute Gasteiger partial charge is 0.300 e. The van der Waals surface area contributed by atoms with Crippen molar-refractivity contribution < 1.29 is 9.72 Å². The Morgan fingerprint density at radius 1 is 1.48 bits per heavy atom. The number of carbonyl (C=O) groups is 1. The second-order valence-electron chi connectivity index (χ2n) is 4.18. The van der Waals surface area contributed by atoms with Crippen LogP contribution in [0.5, 0.6) is 0 Å². The number of hydrogen-bond donors (Lipinski definition) is 2. The number of amides is 1. The third kappa shape index (κ3) is 3.76. The predicted octanol–water partition coefficient (Wildman–Crippen LogP) is 1.73. The summed E-state index contributed by atoms with van der Waals surface area (Å²) in [5.74, 6) is 0.194. The van der Waals surface area contributed by atoms with E-state index in [0.29, 0.717) is 19.4 Å². The van der Waals surface area contributed by atoms with Crippen molar-refractivity contribution in [3.05, 3.63) is 51.1 Å². The average molecular weight is 310 g/mol. The summed E-state index contributed by atoms with van der Waals surface area (Å²) < 4.78 is 0. The van der Waals surface area contributed by atoms with E-state index >= 15 is 0 Å². The van der Waals surface area contributed by atoms with Crippen molar-refractivity contribution >= 4 is 23.2 Å². The number of para-hydroxylation sites is 1. The Morgan fingerprint density at radius 3 is 2.95 bits per heavy atom. The fraction of sp³-hybridized carbons (Fsp3) is 0.250. The Labute approximate surface area is 124 Å². The van der Waals surface area contributed by atoms with Crippen molar-refractivity contribution in [2.24, 2.45) is 0 Å². The SMILES string of the molecule is O=C(NCCCc1ncn[nH]1)c1cccc(Cl)c1[N+](=O)[O-]. The lowest BCUT2D eigenvalue weighted by molar-refractivity contribution is -0.385. The van der Waals surface area contributed by atoms with Crippen molar-refractivity contribution in [2.45, 2.75) is 12.8 Å². The molecule has 0 radical (unpaired) electrons. The van der Waals surface area contributed by atoms with Crippen molar-refractivity contribution in [2.75, 3.05) is 6.54 Å². The molecule has 110 valence electrons. The third-order valence-electron chi connectivity index (χ3n) is 2.75. The molecule has 2 aromatic rings. The molecule has 0 fully saturated rings.